The Hall–Kier alpha value is -2.32. The summed E-state index contributed by atoms with van der Waals surface area (Å²) in [6, 6.07) is 4.07. The van der Waals surface area contributed by atoms with Crippen molar-refractivity contribution in [1.82, 2.24) is 16.0 Å². The topological polar surface area (TPSA) is 101 Å². The molecule has 1 heterocycles. The molecule has 2 rings (SSSR count). The number of hydrogen-bond acceptors (Lipinski definition) is 6. The van der Waals surface area contributed by atoms with Crippen LogP contribution in [0.2, 0.25) is 0 Å². The second-order valence-corrected chi connectivity index (χ2v) is 7.19. The van der Waals surface area contributed by atoms with E-state index in [0.29, 0.717) is 30.1 Å². The van der Waals surface area contributed by atoms with Crippen LogP contribution in [0.15, 0.2) is 18.2 Å². The third kappa shape index (κ3) is 6.69. The van der Waals surface area contributed by atoms with Crippen LogP contribution in [0, 0.1) is 5.92 Å². The molecule has 1 fully saturated rings. The molecule has 8 heteroatoms. The van der Waals surface area contributed by atoms with Gasteiger partial charge >= 0.3 is 0 Å². The molecule has 1 atom stereocenters. The molecule has 28 heavy (non-hydrogen) atoms. The van der Waals surface area contributed by atoms with E-state index in [9.17, 15) is 9.59 Å². The van der Waals surface area contributed by atoms with Gasteiger partial charge in [-0.3, -0.25) is 20.2 Å². The third-order valence-corrected chi connectivity index (χ3v) is 4.52. The number of nitrogens with zero attached hydrogens (tertiary/aromatic N) is 1. The number of hydrogen-bond donors (Lipinski definition) is 1. The summed E-state index contributed by atoms with van der Waals surface area (Å²) in [4.78, 5) is 26.3. The average molecular weight is 392 g/mol. The summed E-state index contributed by atoms with van der Waals surface area (Å²) in [6.07, 6.45) is 0.424. The minimum absolute atomic E-state index is 0.189. The van der Waals surface area contributed by atoms with Crippen LogP contribution in [0.25, 0.3) is 0 Å². The molecule has 0 bridgehead atoms. The summed E-state index contributed by atoms with van der Waals surface area (Å²) in [6.45, 7) is 8.31. The van der Waals surface area contributed by atoms with Crippen LogP contribution in [-0.2, 0) is 9.53 Å². The second-order valence-electron chi connectivity index (χ2n) is 7.19. The lowest BCUT2D eigenvalue weighted by Gasteiger charge is -2.26. The highest BCUT2D eigenvalue weighted by molar-refractivity contribution is 5.97. The number of ether oxygens (including phenoxy) is 3. The predicted molar refractivity (Wildman–Crippen MR) is 105 cm³/mol. The van der Waals surface area contributed by atoms with E-state index in [2.05, 4.69) is 10.2 Å². The first kappa shape index (κ1) is 22.0. The van der Waals surface area contributed by atoms with Gasteiger partial charge in [0.1, 0.15) is 12.6 Å². The number of methoxy groups -OCH3 is 1. The van der Waals surface area contributed by atoms with Crippen LogP contribution in [0.1, 0.15) is 30.6 Å². The molecular formula is C20H30N3O5. The Morgan fingerprint density at radius 1 is 1.25 bits per heavy atom. The first-order valence-electron chi connectivity index (χ1n) is 9.58. The van der Waals surface area contributed by atoms with Crippen LogP contribution in [0.3, 0.4) is 0 Å². The molecule has 1 aliphatic rings. The van der Waals surface area contributed by atoms with E-state index in [1.54, 1.807) is 25.3 Å². The lowest BCUT2D eigenvalue weighted by molar-refractivity contribution is -0.120. The molecule has 2 amide bonds. The first-order chi connectivity index (χ1) is 13.4. The summed E-state index contributed by atoms with van der Waals surface area (Å²) in [5, 5.41) is 2.64. The van der Waals surface area contributed by atoms with Gasteiger partial charge in [0.25, 0.3) is 11.8 Å². The maximum Gasteiger partial charge on any atom is 0.260 e. The highest BCUT2D eigenvalue weighted by Gasteiger charge is 2.21. The van der Waals surface area contributed by atoms with Gasteiger partial charge in [0, 0.05) is 25.2 Å². The zero-order chi connectivity index (χ0) is 20.5. The van der Waals surface area contributed by atoms with E-state index < -0.39 is 17.9 Å². The Balaban J connectivity index is 2.01. The second kappa shape index (κ2) is 10.9. The van der Waals surface area contributed by atoms with Crippen LogP contribution >= 0.6 is 0 Å². The predicted octanol–water partition coefficient (Wildman–Crippen LogP) is 1.36. The van der Waals surface area contributed by atoms with Crippen molar-refractivity contribution in [1.29, 1.82) is 0 Å². The molecule has 1 saturated heterocycles. The van der Waals surface area contributed by atoms with Crippen molar-refractivity contribution in [2.24, 2.45) is 5.92 Å². The maximum atomic E-state index is 12.5. The number of benzene rings is 1. The van der Waals surface area contributed by atoms with E-state index in [0.717, 1.165) is 32.8 Å². The first-order valence-corrected chi connectivity index (χ1v) is 9.58. The van der Waals surface area contributed by atoms with E-state index in [-0.39, 0.29) is 5.92 Å². The molecule has 1 radical (unpaired) electrons. The van der Waals surface area contributed by atoms with Gasteiger partial charge in [0.15, 0.2) is 11.5 Å². The maximum absolute atomic E-state index is 12.5. The Bertz CT molecular complexity index is 659. The number of amides is 2. The number of rotatable bonds is 10. The summed E-state index contributed by atoms with van der Waals surface area (Å²) in [7, 11) is 1.54. The highest BCUT2D eigenvalue weighted by atomic mass is 16.5. The fourth-order valence-corrected chi connectivity index (χ4v) is 2.98. The van der Waals surface area contributed by atoms with Gasteiger partial charge in [-0.2, -0.15) is 0 Å². The Morgan fingerprint density at radius 3 is 2.57 bits per heavy atom. The van der Waals surface area contributed by atoms with Gasteiger partial charge in [-0.1, -0.05) is 13.8 Å². The summed E-state index contributed by atoms with van der Waals surface area (Å²) in [5.74, 6) is -0.00567. The molecule has 0 unspecified atom stereocenters. The van der Waals surface area contributed by atoms with Gasteiger partial charge in [0.2, 0.25) is 0 Å². The summed E-state index contributed by atoms with van der Waals surface area (Å²) >= 11 is 0. The zero-order valence-corrected chi connectivity index (χ0v) is 16.8. The summed E-state index contributed by atoms with van der Waals surface area (Å²) < 4.78 is 16.5. The van der Waals surface area contributed by atoms with Gasteiger partial charge in [-0.15, -0.1) is 0 Å². The molecule has 0 spiro atoms. The van der Waals surface area contributed by atoms with Gasteiger partial charge < -0.3 is 19.5 Å². The van der Waals surface area contributed by atoms with Crippen molar-refractivity contribution in [3.05, 3.63) is 23.8 Å². The van der Waals surface area contributed by atoms with Gasteiger partial charge in [0.05, 0.1) is 20.3 Å². The molecule has 0 aliphatic carbocycles. The fourth-order valence-electron chi connectivity index (χ4n) is 2.98. The Kier molecular flexibility index (Phi) is 8.53. The highest BCUT2D eigenvalue weighted by Crippen LogP contribution is 2.28. The van der Waals surface area contributed by atoms with Gasteiger partial charge in [-0.25, -0.2) is 0 Å². The Morgan fingerprint density at radius 2 is 1.96 bits per heavy atom. The zero-order valence-electron chi connectivity index (χ0n) is 16.8. The molecule has 1 aliphatic heterocycles. The van der Waals surface area contributed by atoms with Crippen LogP contribution < -0.4 is 20.5 Å². The smallest absolute Gasteiger partial charge is 0.260 e. The number of carbonyl (C=O) groups is 2. The van der Waals surface area contributed by atoms with E-state index >= 15 is 0 Å². The fraction of sp³-hybridized carbons (Fsp3) is 0.600. The lowest BCUT2D eigenvalue weighted by atomic mass is 10.0. The van der Waals surface area contributed by atoms with Crippen molar-refractivity contribution in [2.45, 2.75) is 26.3 Å². The third-order valence-electron chi connectivity index (χ3n) is 4.52. The van der Waals surface area contributed by atoms with Crippen molar-refractivity contribution in [3.8, 4) is 11.5 Å². The number of nitrogens with one attached hydrogen (secondary N) is 2. The number of morpholine rings is 1. The minimum Gasteiger partial charge on any atom is -0.493 e. The van der Waals surface area contributed by atoms with Crippen molar-refractivity contribution < 1.29 is 23.8 Å². The van der Waals surface area contributed by atoms with Crippen LogP contribution in [0.4, 0.5) is 0 Å². The number of carbonyl (C=O) groups excluding carboxylic acids is 2. The van der Waals surface area contributed by atoms with Crippen LogP contribution in [0.5, 0.6) is 11.5 Å². The average Bonchev–Trinajstić information content (AvgIpc) is 2.67. The van der Waals surface area contributed by atoms with Crippen LogP contribution in [-0.4, -0.2) is 69.3 Å². The summed E-state index contributed by atoms with van der Waals surface area (Å²) in [5.41, 5.74) is 7.73. The van der Waals surface area contributed by atoms with Crippen molar-refractivity contribution >= 4 is 11.8 Å². The molecular weight excluding hydrogens is 362 g/mol. The largest absolute Gasteiger partial charge is 0.493 e. The molecule has 0 aromatic heterocycles. The molecule has 8 nitrogen and oxygen atoms in total. The van der Waals surface area contributed by atoms with Gasteiger partial charge in [-0.05, 0) is 30.5 Å². The normalized spacial score (nSPS) is 15.9. The molecule has 1 aromatic carbocycles. The molecule has 1 aromatic rings. The van der Waals surface area contributed by atoms with E-state index in [4.69, 9.17) is 19.9 Å². The Labute approximate surface area is 166 Å². The SMILES string of the molecule is COc1ccc(C(=O)N[C@@H](CC(C)C)C([NH])=O)cc1OCCN1CCOCC1. The van der Waals surface area contributed by atoms with E-state index in [1.165, 1.54) is 0 Å². The minimum atomic E-state index is -0.819. The monoisotopic (exact) mass is 392 g/mol. The van der Waals surface area contributed by atoms with Crippen molar-refractivity contribution in [2.75, 3.05) is 46.6 Å². The van der Waals surface area contributed by atoms with Crippen molar-refractivity contribution in [3.63, 3.8) is 0 Å². The van der Waals surface area contributed by atoms with E-state index in [1.807, 2.05) is 13.8 Å². The standard InChI is InChI=1S/C20H30N3O5/c1-14(2)12-16(19(21)24)22-20(25)15-4-5-17(26-3)18(13-15)28-11-8-23-6-9-27-10-7-23/h4-5,13-14,16,21H,6-12H2,1-3H3,(H,22,25)/t16-/m0/s1. The molecule has 2 N–H and O–H groups in total. The molecule has 155 valence electrons. The lowest BCUT2D eigenvalue weighted by Crippen LogP contribution is -2.42. The molecule has 0 saturated carbocycles. The quantitative estimate of drug-likeness (QED) is 0.645.